The van der Waals surface area contributed by atoms with Gasteiger partial charge in [0.15, 0.2) is 0 Å². The quantitative estimate of drug-likeness (QED) is 0.861. The molecular formula is C21H27FN2O2. The molecule has 5 heteroatoms. The van der Waals surface area contributed by atoms with Crippen molar-refractivity contribution in [1.82, 2.24) is 4.90 Å². The van der Waals surface area contributed by atoms with Gasteiger partial charge in [-0.1, -0.05) is 6.07 Å². The van der Waals surface area contributed by atoms with Gasteiger partial charge >= 0.3 is 0 Å². The minimum Gasteiger partial charge on any atom is -0.491 e. The highest BCUT2D eigenvalue weighted by Crippen LogP contribution is 2.18. The molecule has 0 spiro atoms. The fourth-order valence-corrected chi connectivity index (χ4v) is 3.40. The molecular weight excluding hydrogens is 331 g/mol. The van der Waals surface area contributed by atoms with Crippen molar-refractivity contribution < 1.29 is 14.2 Å². The number of rotatable bonds is 6. The highest BCUT2D eigenvalue weighted by atomic mass is 19.1. The van der Waals surface area contributed by atoms with E-state index in [1.807, 2.05) is 38.1 Å². The summed E-state index contributed by atoms with van der Waals surface area (Å²) in [4.78, 5) is 4.49. The van der Waals surface area contributed by atoms with Gasteiger partial charge in [-0.2, -0.15) is 0 Å². The van der Waals surface area contributed by atoms with Gasteiger partial charge in [0.05, 0.1) is 0 Å². The minimum atomic E-state index is -0.520. The molecule has 1 aliphatic heterocycles. The fourth-order valence-electron chi connectivity index (χ4n) is 3.40. The summed E-state index contributed by atoms with van der Waals surface area (Å²) in [5, 5.41) is 10.3. The zero-order chi connectivity index (χ0) is 18.5. The number of hydrogen-bond donors (Lipinski definition) is 1. The van der Waals surface area contributed by atoms with Gasteiger partial charge < -0.3 is 14.7 Å². The second-order valence-electron chi connectivity index (χ2n) is 7.05. The van der Waals surface area contributed by atoms with E-state index in [0.29, 0.717) is 13.2 Å². The third kappa shape index (κ3) is 5.19. The predicted molar refractivity (Wildman–Crippen MR) is 102 cm³/mol. The highest BCUT2D eigenvalue weighted by molar-refractivity contribution is 5.46. The standard InChI is InChI=1S/C21H27FN2O2/c1-16-11-17(2)13-21(12-16)26-15-20(25)14-23-7-9-24(10-8-23)19-5-3-18(22)4-6-19/h3-6,11-13,20,25H,7-10,14-15H2,1-2H3/t20-/m0/s1. The van der Waals surface area contributed by atoms with Crippen molar-refractivity contribution in [3.8, 4) is 5.75 Å². The Balaban J connectivity index is 1.43. The van der Waals surface area contributed by atoms with Crippen LogP contribution in [0.15, 0.2) is 42.5 Å². The van der Waals surface area contributed by atoms with Crippen LogP contribution in [0.2, 0.25) is 0 Å². The summed E-state index contributed by atoms with van der Waals surface area (Å²) in [6.07, 6.45) is -0.520. The average molecular weight is 358 g/mol. The fraction of sp³-hybridized carbons (Fsp3) is 0.429. The molecule has 2 aromatic rings. The second-order valence-corrected chi connectivity index (χ2v) is 7.05. The number of piperazine rings is 1. The normalized spacial score (nSPS) is 16.5. The summed E-state index contributed by atoms with van der Waals surface area (Å²) in [5.41, 5.74) is 3.36. The Labute approximate surface area is 154 Å². The van der Waals surface area contributed by atoms with Gasteiger partial charge in [-0.3, -0.25) is 4.90 Å². The maximum atomic E-state index is 13.0. The summed E-state index contributed by atoms with van der Waals surface area (Å²) in [6, 6.07) is 12.7. The summed E-state index contributed by atoms with van der Waals surface area (Å²) in [7, 11) is 0. The summed E-state index contributed by atoms with van der Waals surface area (Å²) in [6.45, 7) is 8.46. The lowest BCUT2D eigenvalue weighted by atomic mass is 10.1. The molecule has 1 heterocycles. The van der Waals surface area contributed by atoms with E-state index in [1.54, 1.807) is 0 Å². The number of benzene rings is 2. The molecule has 1 aliphatic rings. The number of anilines is 1. The first kappa shape index (κ1) is 18.7. The van der Waals surface area contributed by atoms with E-state index in [4.69, 9.17) is 4.74 Å². The molecule has 3 rings (SSSR count). The zero-order valence-electron chi connectivity index (χ0n) is 15.5. The Morgan fingerprint density at radius 3 is 2.23 bits per heavy atom. The first-order valence-electron chi connectivity index (χ1n) is 9.11. The molecule has 1 fully saturated rings. The Morgan fingerprint density at radius 2 is 1.62 bits per heavy atom. The van der Waals surface area contributed by atoms with Gasteiger partial charge in [0.1, 0.15) is 24.3 Å². The van der Waals surface area contributed by atoms with E-state index in [1.165, 1.54) is 12.1 Å². The maximum absolute atomic E-state index is 13.0. The molecule has 26 heavy (non-hydrogen) atoms. The lowest BCUT2D eigenvalue weighted by Crippen LogP contribution is -2.49. The van der Waals surface area contributed by atoms with Crippen LogP contribution in [0.25, 0.3) is 0 Å². The van der Waals surface area contributed by atoms with E-state index in [0.717, 1.165) is 48.7 Å². The predicted octanol–water partition coefficient (Wildman–Crippen LogP) is 3.00. The topological polar surface area (TPSA) is 35.9 Å². The van der Waals surface area contributed by atoms with Crippen molar-refractivity contribution in [3.63, 3.8) is 0 Å². The number of β-amino-alcohol motifs (C(OH)–C–C–N with tert-alkyl or cyclic N) is 1. The van der Waals surface area contributed by atoms with Crippen molar-refractivity contribution in [2.75, 3.05) is 44.2 Å². The Hall–Kier alpha value is -2.11. The van der Waals surface area contributed by atoms with Crippen molar-refractivity contribution in [2.45, 2.75) is 20.0 Å². The third-order valence-corrected chi connectivity index (χ3v) is 4.67. The molecule has 0 bridgehead atoms. The number of ether oxygens (including phenoxy) is 1. The SMILES string of the molecule is Cc1cc(C)cc(OC[C@@H](O)CN2CCN(c3ccc(F)cc3)CC2)c1. The van der Waals surface area contributed by atoms with Crippen LogP contribution < -0.4 is 9.64 Å². The first-order chi connectivity index (χ1) is 12.5. The van der Waals surface area contributed by atoms with Gasteiger partial charge in [-0.15, -0.1) is 0 Å². The van der Waals surface area contributed by atoms with Gasteiger partial charge in [-0.25, -0.2) is 4.39 Å². The average Bonchev–Trinajstić information content (AvgIpc) is 2.61. The summed E-state index contributed by atoms with van der Waals surface area (Å²) >= 11 is 0. The molecule has 0 aromatic heterocycles. The van der Waals surface area contributed by atoms with Crippen LogP contribution in [0.1, 0.15) is 11.1 Å². The van der Waals surface area contributed by atoms with Gasteiger partial charge in [0, 0.05) is 38.4 Å². The van der Waals surface area contributed by atoms with Crippen LogP contribution in [0, 0.1) is 19.7 Å². The number of aliphatic hydroxyl groups excluding tert-OH is 1. The van der Waals surface area contributed by atoms with Gasteiger partial charge in [0.25, 0.3) is 0 Å². The number of nitrogens with zero attached hydrogens (tertiary/aromatic N) is 2. The minimum absolute atomic E-state index is 0.209. The van der Waals surface area contributed by atoms with E-state index in [9.17, 15) is 9.50 Å². The van der Waals surface area contributed by atoms with E-state index >= 15 is 0 Å². The molecule has 1 N–H and O–H groups in total. The van der Waals surface area contributed by atoms with E-state index in [-0.39, 0.29) is 5.82 Å². The van der Waals surface area contributed by atoms with E-state index in [2.05, 4.69) is 15.9 Å². The van der Waals surface area contributed by atoms with Gasteiger partial charge in [-0.05, 0) is 61.4 Å². The second kappa shape index (κ2) is 8.52. The van der Waals surface area contributed by atoms with Crippen LogP contribution in [0.3, 0.4) is 0 Å². The van der Waals surface area contributed by atoms with Crippen LogP contribution >= 0.6 is 0 Å². The molecule has 0 unspecified atom stereocenters. The number of aliphatic hydroxyl groups is 1. The monoisotopic (exact) mass is 358 g/mol. The highest BCUT2D eigenvalue weighted by Gasteiger charge is 2.19. The van der Waals surface area contributed by atoms with Crippen molar-refractivity contribution in [2.24, 2.45) is 0 Å². The van der Waals surface area contributed by atoms with Crippen LogP contribution in [0.5, 0.6) is 5.75 Å². The summed E-state index contributed by atoms with van der Waals surface area (Å²) < 4.78 is 18.8. The maximum Gasteiger partial charge on any atom is 0.123 e. The largest absolute Gasteiger partial charge is 0.491 e. The lowest BCUT2D eigenvalue weighted by Gasteiger charge is -2.36. The molecule has 1 atom stereocenters. The zero-order valence-corrected chi connectivity index (χ0v) is 15.5. The van der Waals surface area contributed by atoms with E-state index < -0.39 is 6.10 Å². The smallest absolute Gasteiger partial charge is 0.123 e. The van der Waals surface area contributed by atoms with Gasteiger partial charge in [0.2, 0.25) is 0 Å². The Bertz CT molecular complexity index is 692. The Morgan fingerprint density at radius 1 is 1.00 bits per heavy atom. The Kier molecular flexibility index (Phi) is 6.12. The third-order valence-electron chi connectivity index (χ3n) is 4.67. The molecule has 0 radical (unpaired) electrons. The van der Waals surface area contributed by atoms with Crippen LogP contribution in [-0.2, 0) is 0 Å². The number of halogens is 1. The van der Waals surface area contributed by atoms with Crippen LogP contribution in [0.4, 0.5) is 10.1 Å². The number of aryl methyl sites for hydroxylation is 2. The molecule has 0 saturated carbocycles. The van der Waals surface area contributed by atoms with Crippen LogP contribution in [-0.4, -0.2) is 55.4 Å². The molecule has 0 amide bonds. The van der Waals surface area contributed by atoms with Crippen molar-refractivity contribution >= 4 is 5.69 Å². The van der Waals surface area contributed by atoms with Crippen molar-refractivity contribution in [1.29, 1.82) is 0 Å². The molecule has 2 aromatic carbocycles. The molecule has 140 valence electrons. The first-order valence-corrected chi connectivity index (χ1v) is 9.11. The number of hydrogen-bond acceptors (Lipinski definition) is 4. The molecule has 0 aliphatic carbocycles. The molecule has 1 saturated heterocycles. The van der Waals surface area contributed by atoms with Crippen molar-refractivity contribution in [3.05, 3.63) is 59.4 Å². The lowest BCUT2D eigenvalue weighted by molar-refractivity contribution is 0.0662. The summed E-state index contributed by atoms with van der Waals surface area (Å²) in [5.74, 6) is 0.599. The molecule has 4 nitrogen and oxygen atoms in total.